The highest BCUT2D eigenvalue weighted by Gasteiger charge is 2.07. The van der Waals surface area contributed by atoms with Crippen molar-refractivity contribution >= 4 is 11.8 Å². The minimum absolute atomic E-state index is 0.692. The van der Waals surface area contributed by atoms with Gasteiger partial charge in [0.1, 0.15) is 0 Å². The van der Waals surface area contributed by atoms with Crippen molar-refractivity contribution in [3.8, 4) is 11.1 Å². The van der Waals surface area contributed by atoms with Crippen molar-refractivity contribution < 1.29 is 4.79 Å². The Bertz CT molecular complexity index is 581. The number of benzene rings is 2. The van der Waals surface area contributed by atoms with E-state index in [0.717, 1.165) is 11.1 Å². The van der Waals surface area contributed by atoms with E-state index >= 15 is 0 Å². The fourth-order valence-corrected chi connectivity index (χ4v) is 1.91. The van der Waals surface area contributed by atoms with E-state index < -0.39 is 0 Å². The molecule has 0 atom stereocenters. The average Bonchev–Trinajstić information content (AvgIpc) is 2.36. The molecule has 0 saturated heterocycles. The molecule has 2 nitrogen and oxygen atoms in total. The molecule has 0 unspecified atom stereocenters. The van der Waals surface area contributed by atoms with Crippen molar-refractivity contribution in [3.05, 3.63) is 53.6 Å². The predicted octanol–water partition coefficient (Wildman–Crippen LogP) is 3.94. The second kappa shape index (κ2) is 4.77. The van der Waals surface area contributed by atoms with Crippen LogP contribution in [0.15, 0.2) is 47.5 Å². The summed E-state index contributed by atoms with van der Waals surface area (Å²) < 4.78 is 0. The maximum absolute atomic E-state index is 10.3. The molecule has 0 aromatic heterocycles. The summed E-state index contributed by atoms with van der Waals surface area (Å²) in [4.78, 5) is 14.0. The number of hydrogen-bond donors (Lipinski definition) is 0. The molecule has 0 N–H and O–H groups in total. The summed E-state index contributed by atoms with van der Waals surface area (Å²) in [7, 11) is 0. The van der Waals surface area contributed by atoms with Gasteiger partial charge in [-0.15, -0.1) is 0 Å². The summed E-state index contributed by atoms with van der Waals surface area (Å²) in [6, 6.07) is 14.0. The SMILES string of the molecule is Cc1c(N=C=O)ccc(-c2ccccc2)c1C. The molecule has 0 fully saturated rings. The molecule has 0 radical (unpaired) electrons. The van der Waals surface area contributed by atoms with Crippen LogP contribution in [-0.4, -0.2) is 6.08 Å². The van der Waals surface area contributed by atoms with Crippen LogP contribution in [0.4, 0.5) is 5.69 Å². The molecule has 0 aliphatic rings. The summed E-state index contributed by atoms with van der Waals surface area (Å²) in [5.74, 6) is 0. The van der Waals surface area contributed by atoms with Gasteiger partial charge in [0, 0.05) is 0 Å². The summed E-state index contributed by atoms with van der Waals surface area (Å²) >= 11 is 0. The van der Waals surface area contributed by atoms with Crippen LogP contribution in [-0.2, 0) is 4.79 Å². The Kier molecular flexibility index (Phi) is 3.17. The third-order valence-corrected chi connectivity index (χ3v) is 3.01. The van der Waals surface area contributed by atoms with Crippen LogP contribution in [0.1, 0.15) is 11.1 Å². The summed E-state index contributed by atoms with van der Waals surface area (Å²) in [6.07, 6.45) is 1.59. The first kappa shape index (κ1) is 11.3. The average molecular weight is 223 g/mol. The smallest absolute Gasteiger partial charge is 0.211 e. The van der Waals surface area contributed by atoms with Crippen LogP contribution < -0.4 is 0 Å². The Morgan fingerprint density at radius 2 is 1.65 bits per heavy atom. The quantitative estimate of drug-likeness (QED) is 0.560. The van der Waals surface area contributed by atoms with Gasteiger partial charge in [-0.3, -0.25) is 0 Å². The zero-order valence-electron chi connectivity index (χ0n) is 9.90. The highest BCUT2D eigenvalue weighted by Crippen LogP contribution is 2.30. The standard InChI is InChI=1S/C15H13NO/c1-11-12(2)15(16-10-17)9-8-14(11)13-6-4-3-5-7-13/h3-9H,1-2H3. The molecule has 84 valence electrons. The Balaban J connectivity index is 2.59. The first-order chi connectivity index (χ1) is 8.24. The van der Waals surface area contributed by atoms with E-state index in [4.69, 9.17) is 0 Å². The van der Waals surface area contributed by atoms with Gasteiger partial charge in [-0.05, 0) is 42.2 Å². The van der Waals surface area contributed by atoms with Crippen LogP contribution in [0.5, 0.6) is 0 Å². The van der Waals surface area contributed by atoms with Crippen LogP contribution in [0.25, 0.3) is 11.1 Å². The zero-order valence-corrected chi connectivity index (χ0v) is 9.90. The van der Waals surface area contributed by atoms with Crippen molar-refractivity contribution in [3.63, 3.8) is 0 Å². The Labute approximate surface area is 101 Å². The van der Waals surface area contributed by atoms with Crippen molar-refractivity contribution in [1.29, 1.82) is 0 Å². The molecule has 0 bridgehead atoms. The number of isocyanates is 1. The molecule has 2 aromatic carbocycles. The zero-order chi connectivity index (χ0) is 12.3. The fraction of sp³-hybridized carbons (Fsp3) is 0.133. The molecule has 2 rings (SSSR count). The molecular formula is C15H13NO. The van der Waals surface area contributed by atoms with Crippen molar-refractivity contribution in [2.75, 3.05) is 0 Å². The Hall–Kier alpha value is -2.18. The largest absolute Gasteiger partial charge is 0.240 e. The highest BCUT2D eigenvalue weighted by molar-refractivity contribution is 5.72. The van der Waals surface area contributed by atoms with Gasteiger partial charge < -0.3 is 0 Å². The topological polar surface area (TPSA) is 29.4 Å². The van der Waals surface area contributed by atoms with E-state index in [0.29, 0.717) is 5.69 Å². The van der Waals surface area contributed by atoms with Gasteiger partial charge in [0.2, 0.25) is 6.08 Å². The van der Waals surface area contributed by atoms with Crippen LogP contribution >= 0.6 is 0 Å². The molecule has 0 saturated carbocycles. The Morgan fingerprint density at radius 3 is 2.29 bits per heavy atom. The maximum Gasteiger partial charge on any atom is 0.240 e. The summed E-state index contributed by atoms with van der Waals surface area (Å²) in [5.41, 5.74) is 5.21. The second-order valence-corrected chi connectivity index (χ2v) is 3.95. The van der Waals surface area contributed by atoms with Gasteiger partial charge in [-0.25, -0.2) is 4.79 Å². The molecule has 0 spiro atoms. The van der Waals surface area contributed by atoms with E-state index in [-0.39, 0.29) is 0 Å². The molecule has 0 heterocycles. The maximum atomic E-state index is 10.3. The van der Waals surface area contributed by atoms with E-state index in [1.165, 1.54) is 11.1 Å². The van der Waals surface area contributed by atoms with Gasteiger partial charge >= 0.3 is 0 Å². The summed E-state index contributed by atoms with van der Waals surface area (Å²) in [6.45, 7) is 4.01. The fourth-order valence-electron chi connectivity index (χ4n) is 1.91. The number of nitrogens with zero attached hydrogens (tertiary/aromatic N) is 1. The van der Waals surface area contributed by atoms with Gasteiger partial charge in [-0.1, -0.05) is 36.4 Å². The van der Waals surface area contributed by atoms with E-state index in [1.807, 2.05) is 44.2 Å². The van der Waals surface area contributed by atoms with E-state index in [1.54, 1.807) is 6.08 Å². The number of rotatable bonds is 2. The monoisotopic (exact) mass is 223 g/mol. The lowest BCUT2D eigenvalue weighted by molar-refractivity contribution is 0.565. The van der Waals surface area contributed by atoms with Crippen molar-refractivity contribution in [2.24, 2.45) is 4.99 Å². The van der Waals surface area contributed by atoms with Crippen LogP contribution in [0.2, 0.25) is 0 Å². The first-order valence-corrected chi connectivity index (χ1v) is 5.47. The first-order valence-electron chi connectivity index (χ1n) is 5.47. The molecular weight excluding hydrogens is 210 g/mol. The van der Waals surface area contributed by atoms with Gasteiger partial charge in [0.15, 0.2) is 0 Å². The molecule has 0 aliphatic carbocycles. The molecule has 17 heavy (non-hydrogen) atoms. The molecule has 0 amide bonds. The molecule has 2 aromatic rings. The molecule has 2 heteroatoms. The normalized spacial score (nSPS) is 9.76. The third-order valence-electron chi connectivity index (χ3n) is 3.01. The lowest BCUT2D eigenvalue weighted by Crippen LogP contribution is -1.87. The van der Waals surface area contributed by atoms with Gasteiger partial charge in [0.25, 0.3) is 0 Å². The van der Waals surface area contributed by atoms with Gasteiger partial charge in [-0.2, -0.15) is 4.99 Å². The van der Waals surface area contributed by atoms with Crippen LogP contribution in [0, 0.1) is 13.8 Å². The Morgan fingerprint density at radius 1 is 0.941 bits per heavy atom. The minimum Gasteiger partial charge on any atom is -0.211 e. The molecule has 0 aliphatic heterocycles. The minimum atomic E-state index is 0.692. The van der Waals surface area contributed by atoms with Crippen LogP contribution in [0.3, 0.4) is 0 Å². The van der Waals surface area contributed by atoms with E-state index in [2.05, 4.69) is 17.1 Å². The van der Waals surface area contributed by atoms with E-state index in [9.17, 15) is 4.79 Å². The number of hydrogen-bond acceptors (Lipinski definition) is 2. The van der Waals surface area contributed by atoms with Crippen molar-refractivity contribution in [2.45, 2.75) is 13.8 Å². The lowest BCUT2D eigenvalue weighted by atomic mass is 9.96. The highest BCUT2D eigenvalue weighted by atomic mass is 16.1. The van der Waals surface area contributed by atoms with Gasteiger partial charge in [0.05, 0.1) is 5.69 Å². The third kappa shape index (κ3) is 2.17. The second-order valence-electron chi connectivity index (χ2n) is 3.95. The van der Waals surface area contributed by atoms with Crippen molar-refractivity contribution in [1.82, 2.24) is 0 Å². The number of carbonyl (C=O) groups excluding carboxylic acids is 1. The number of aliphatic imine (C=N–C) groups is 1. The summed E-state index contributed by atoms with van der Waals surface area (Å²) in [5, 5.41) is 0. The predicted molar refractivity (Wildman–Crippen MR) is 69.1 cm³/mol. The lowest BCUT2D eigenvalue weighted by Gasteiger charge is -2.10.